The van der Waals surface area contributed by atoms with Gasteiger partial charge in [-0.25, -0.2) is 23.6 Å². The molecule has 0 aliphatic carbocycles. The van der Waals surface area contributed by atoms with Gasteiger partial charge in [0.1, 0.15) is 12.7 Å². The minimum atomic E-state index is -2.36. The molecule has 0 amide bonds. The molecule has 1 saturated heterocycles. The Morgan fingerprint density at radius 3 is 1.25 bits per heavy atom. The van der Waals surface area contributed by atoms with Gasteiger partial charge in [-0.2, -0.15) is 0 Å². The molecule has 5 rings (SSSR count). The summed E-state index contributed by atoms with van der Waals surface area (Å²) in [6.45, 7) is -0.584. The van der Waals surface area contributed by atoms with Crippen molar-refractivity contribution in [3.05, 3.63) is 144 Å². The predicted octanol–water partition coefficient (Wildman–Crippen LogP) is 5.21. The molecule has 44 heavy (non-hydrogen) atoms. The van der Waals surface area contributed by atoms with E-state index < -0.39 is 61.3 Å². The second-order valence-electron chi connectivity index (χ2n) is 9.70. The lowest BCUT2D eigenvalue weighted by atomic mass is 9.98. The standard InChI is InChI=1S/C34H27FO9/c35-30-29(44-34(39)25-19-11-4-12-20-25)28(43-33(38)24-17-9-3-10-18-24)27(42-32(37)23-15-7-2-8-16-23)26(41-30)21-40-31(36)22-13-5-1-6-14-22/h1-20,26-30H,21H2/t26-,27+,28+,29-,30+/m1/s1. The molecule has 10 heteroatoms. The van der Waals surface area contributed by atoms with Crippen LogP contribution in [0.4, 0.5) is 4.39 Å². The number of ether oxygens (including phenoxy) is 5. The summed E-state index contributed by atoms with van der Waals surface area (Å²) in [7, 11) is 0. The van der Waals surface area contributed by atoms with E-state index >= 15 is 4.39 Å². The molecule has 5 atom stereocenters. The van der Waals surface area contributed by atoms with Crippen molar-refractivity contribution in [1.82, 2.24) is 0 Å². The van der Waals surface area contributed by atoms with Gasteiger partial charge in [0.2, 0.25) is 6.36 Å². The van der Waals surface area contributed by atoms with Crippen LogP contribution in [0.15, 0.2) is 121 Å². The van der Waals surface area contributed by atoms with Crippen LogP contribution in [-0.2, 0) is 23.7 Å². The molecule has 1 aliphatic rings. The van der Waals surface area contributed by atoms with E-state index in [1.54, 1.807) is 72.8 Å². The minimum Gasteiger partial charge on any atom is -0.459 e. The normalized spacial score (nSPS) is 21.0. The number of hydrogen-bond donors (Lipinski definition) is 0. The second kappa shape index (κ2) is 14.2. The van der Waals surface area contributed by atoms with Gasteiger partial charge < -0.3 is 23.7 Å². The van der Waals surface area contributed by atoms with Crippen LogP contribution in [-0.4, -0.2) is 61.3 Å². The van der Waals surface area contributed by atoms with E-state index in [4.69, 9.17) is 23.7 Å². The van der Waals surface area contributed by atoms with E-state index in [-0.39, 0.29) is 22.3 Å². The highest BCUT2D eigenvalue weighted by Gasteiger charge is 2.53. The van der Waals surface area contributed by atoms with Crippen LogP contribution in [0.5, 0.6) is 0 Å². The summed E-state index contributed by atoms with van der Waals surface area (Å²) in [5.74, 6) is -3.42. The first-order chi connectivity index (χ1) is 21.4. The van der Waals surface area contributed by atoms with E-state index in [0.717, 1.165) is 0 Å². The molecule has 1 fully saturated rings. The number of esters is 4. The predicted molar refractivity (Wildman–Crippen MR) is 153 cm³/mol. The quantitative estimate of drug-likeness (QED) is 0.189. The first kappa shape index (κ1) is 30.1. The van der Waals surface area contributed by atoms with Crippen molar-refractivity contribution in [1.29, 1.82) is 0 Å². The molecule has 0 aromatic heterocycles. The van der Waals surface area contributed by atoms with Crippen LogP contribution in [0.2, 0.25) is 0 Å². The van der Waals surface area contributed by atoms with Crippen molar-refractivity contribution < 1.29 is 47.3 Å². The molecule has 0 saturated carbocycles. The molecule has 0 unspecified atom stereocenters. The summed E-state index contributed by atoms with van der Waals surface area (Å²) in [5, 5.41) is 0. The molecular formula is C34H27FO9. The van der Waals surface area contributed by atoms with E-state index in [2.05, 4.69) is 0 Å². The highest BCUT2D eigenvalue weighted by Crippen LogP contribution is 2.31. The fraction of sp³-hybridized carbons (Fsp3) is 0.176. The molecule has 0 spiro atoms. The average molecular weight is 599 g/mol. The number of benzene rings is 4. The van der Waals surface area contributed by atoms with Gasteiger partial charge in [0.05, 0.1) is 22.3 Å². The summed E-state index contributed by atoms with van der Waals surface area (Å²) in [6.07, 6.45) is -8.94. The Labute approximate surface area is 252 Å². The largest absolute Gasteiger partial charge is 0.459 e. The summed E-state index contributed by atoms with van der Waals surface area (Å²) in [6, 6.07) is 31.6. The number of carbonyl (C=O) groups excluding carboxylic acids is 4. The summed E-state index contributed by atoms with van der Waals surface area (Å²) >= 11 is 0. The van der Waals surface area contributed by atoms with Crippen LogP contribution in [0.3, 0.4) is 0 Å². The number of hydrogen-bond acceptors (Lipinski definition) is 9. The molecule has 224 valence electrons. The first-order valence-corrected chi connectivity index (χ1v) is 13.7. The lowest BCUT2D eigenvalue weighted by Gasteiger charge is -2.42. The van der Waals surface area contributed by atoms with Gasteiger partial charge >= 0.3 is 23.9 Å². The van der Waals surface area contributed by atoms with Crippen molar-refractivity contribution in [3.8, 4) is 0 Å². The zero-order valence-corrected chi connectivity index (χ0v) is 23.2. The third kappa shape index (κ3) is 7.34. The van der Waals surface area contributed by atoms with Gasteiger partial charge in [0, 0.05) is 0 Å². The van der Waals surface area contributed by atoms with Gasteiger partial charge in [-0.1, -0.05) is 72.8 Å². The molecular weight excluding hydrogens is 571 g/mol. The second-order valence-corrected chi connectivity index (χ2v) is 9.70. The van der Waals surface area contributed by atoms with Crippen LogP contribution < -0.4 is 0 Å². The van der Waals surface area contributed by atoms with Crippen molar-refractivity contribution in [2.24, 2.45) is 0 Å². The van der Waals surface area contributed by atoms with Crippen molar-refractivity contribution in [2.75, 3.05) is 6.61 Å². The van der Waals surface area contributed by atoms with Crippen molar-refractivity contribution in [3.63, 3.8) is 0 Å². The third-order valence-electron chi connectivity index (χ3n) is 6.72. The zero-order valence-electron chi connectivity index (χ0n) is 23.2. The maximum atomic E-state index is 15.8. The highest BCUT2D eigenvalue weighted by molar-refractivity contribution is 5.91. The highest BCUT2D eigenvalue weighted by atomic mass is 19.1. The number of halogens is 1. The monoisotopic (exact) mass is 598 g/mol. The summed E-state index contributed by atoms with van der Waals surface area (Å²) < 4.78 is 43.6. The van der Waals surface area contributed by atoms with Gasteiger partial charge in [-0.15, -0.1) is 0 Å². The van der Waals surface area contributed by atoms with Gasteiger partial charge in [-0.3, -0.25) is 0 Å². The maximum Gasteiger partial charge on any atom is 0.338 e. The van der Waals surface area contributed by atoms with Crippen LogP contribution >= 0.6 is 0 Å². The Kier molecular flexibility index (Phi) is 9.73. The lowest BCUT2D eigenvalue weighted by molar-refractivity contribution is -0.261. The molecule has 1 heterocycles. The first-order valence-electron chi connectivity index (χ1n) is 13.7. The van der Waals surface area contributed by atoms with Gasteiger partial charge in [0.15, 0.2) is 18.3 Å². The maximum absolute atomic E-state index is 15.8. The third-order valence-corrected chi connectivity index (χ3v) is 6.72. The minimum absolute atomic E-state index is 0.101. The average Bonchev–Trinajstić information content (AvgIpc) is 3.07. The molecule has 4 aromatic carbocycles. The van der Waals surface area contributed by atoms with E-state index in [1.165, 1.54) is 48.5 Å². The molecule has 0 bridgehead atoms. The Bertz CT molecular complexity index is 1570. The Morgan fingerprint density at radius 2 is 0.841 bits per heavy atom. The number of alkyl halides is 1. The fourth-order valence-corrected chi connectivity index (χ4v) is 4.51. The van der Waals surface area contributed by atoms with Crippen LogP contribution in [0.25, 0.3) is 0 Å². The summed E-state index contributed by atoms with van der Waals surface area (Å²) in [5.41, 5.74) is 0.577. The smallest absolute Gasteiger partial charge is 0.338 e. The number of carbonyl (C=O) groups is 4. The Balaban J connectivity index is 1.48. The van der Waals surface area contributed by atoms with Gasteiger partial charge in [-0.05, 0) is 48.5 Å². The van der Waals surface area contributed by atoms with Gasteiger partial charge in [0.25, 0.3) is 0 Å². The Hall–Kier alpha value is -5.35. The fourth-order valence-electron chi connectivity index (χ4n) is 4.51. The van der Waals surface area contributed by atoms with Crippen LogP contribution in [0.1, 0.15) is 41.4 Å². The molecule has 0 radical (unpaired) electrons. The van der Waals surface area contributed by atoms with Crippen molar-refractivity contribution >= 4 is 23.9 Å². The Morgan fingerprint density at radius 1 is 0.500 bits per heavy atom. The topological polar surface area (TPSA) is 114 Å². The van der Waals surface area contributed by atoms with E-state index in [0.29, 0.717) is 0 Å². The molecule has 9 nitrogen and oxygen atoms in total. The zero-order chi connectivity index (χ0) is 30.9. The summed E-state index contributed by atoms with van der Waals surface area (Å²) in [4.78, 5) is 52.1. The van der Waals surface area contributed by atoms with E-state index in [1.807, 2.05) is 0 Å². The van der Waals surface area contributed by atoms with Crippen molar-refractivity contribution in [2.45, 2.75) is 30.8 Å². The molecule has 4 aromatic rings. The number of rotatable bonds is 9. The SMILES string of the molecule is O=C(OC[C@H]1O[C@H](F)[C@H](OC(=O)c2ccccc2)[C@@H](OC(=O)c2ccccc2)[C@H]1OC(=O)c1ccccc1)c1ccccc1. The lowest BCUT2D eigenvalue weighted by Crippen LogP contribution is -2.61. The molecule has 0 N–H and O–H groups in total. The van der Waals surface area contributed by atoms with E-state index in [9.17, 15) is 19.2 Å². The molecule has 1 aliphatic heterocycles. The van der Waals surface area contributed by atoms with Crippen LogP contribution in [0, 0.1) is 0 Å².